The lowest BCUT2D eigenvalue weighted by Crippen LogP contribution is -2.67. The first kappa shape index (κ1) is 54.2. The molecule has 19 heteroatoms. The van der Waals surface area contributed by atoms with E-state index in [1.54, 1.807) is 0 Å². The lowest BCUT2D eigenvalue weighted by molar-refractivity contribution is -0.394. The fraction of sp³-hybridized carbons (Fsp3) is 0.960. The highest BCUT2D eigenvalue weighted by atomic mass is 16.8. The van der Waals surface area contributed by atoms with Crippen LogP contribution in [0.25, 0.3) is 0 Å². The SMILES string of the molecule is CC(C)CCC[C@@H](C)[C@H]1CC[C@H]2[C@@H]3CC=C4C[C@@H](O[C@@H]5O[C@H](CO)[C@@H](O)[C@H](O)[C@H]5O[C@@H]5O[C@@H](C)[C@H](O[C@@H]6O[C@@H](CO)[C@H](O)[C@H]6O)[C@@H](O[C@@H]6O[C@H](CO)[C@@H](O)[C@H](O)[C@H]6O)[C@H]5O)CC[C@]4(C)[C@H]3CC[C@]12C. The van der Waals surface area contributed by atoms with Crippen molar-refractivity contribution < 1.29 is 94.1 Å². The molecule has 0 aromatic rings. The minimum Gasteiger partial charge on any atom is -0.394 e. The molecule has 0 bridgehead atoms. The van der Waals surface area contributed by atoms with Crippen molar-refractivity contribution in [1.29, 1.82) is 0 Å². The maximum atomic E-state index is 12.1. The van der Waals surface area contributed by atoms with Crippen LogP contribution in [0.15, 0.2) is 11.6 Å². The van der Waals surface area contributed by atoms with E-state index in [0.29, 0.717) is 36.0 Å². The van der Waals surface area contributed by atoms with Gasteiger partial charge in [-0.25, -0.2) is 0 Å². The Kier molecular flexibility index (Phi) is 17.3. The van der Waals surface area contributed by atoms with E-state index in [2.05, 4.69) is 40.7 Å². The maximum Gasteiger partial charge on any atom is 0.187 e. The molecule has 0 aromatic carbocycles. The van der Waals surface area contributed by atoms with E-state index < -0.39 is 137 Å². The number of hydrogen-bond donors (Lipinski definition) is 11. The third-order valence-corrected chi connectivity index (χ3v) is 18.4. The fourth-order valence-corrected chi connectivity index (χ4v) is 14.3. The monoisotopic (exact) mass is 989 g/mol. The van der Waals surface area contributed by atoms with Crippen LogP contribution in [0.3, 0.4) is 0 Å². The summed E-state index contributed by atoms with van der Waals surface area (Å²) >= 11 is 0. The number of aliphatic hydroxyl groups excluding tert-OH is 11. The van der Waals surface area contributed by atoms with Crippen LogP contribution >= 0.6 is 0 Å². The zero-order chi connectivity index (χ0) is 49.9. The molecule has 3 saturated carbocycles. The van der Waals surface area contributed by atoms with Gasteiger partial charge in [-0.3, -0.25) is 0 Å². The van der Waals surface area contributed by atoms with Crippen molar-refractivity contribution in [3.63, 3.8) is 0 Å². The third-order valence-electron chi connectivity index (χ3n) is 18.4. The topological polar surface area (TPSA) is 296 Å². The lowest BCUT2D eigenvalue weighted by Gasteiger charge is -2.58. The first-order chi connectivity index (χ1) is 32.8. The molecule has 4 aliphatic carbocycles. The average Bonchev–Trinajstić information content (AvgIpc) is 3.82. The molecule has 0 amide bonds. The highest BCUT2D eigenvalue weighted by molar-refractivity contribution is 5.25. The van der Waals surface area contributed by atoms with E-state index in [4.69, 9.17) is 37.9 Å². The Morgan fingerprint density at radius 3 is 1.78 bits per heavy atom. The summed E-state index contributed by atoms with van der Waals surface area (Å²) in [6, 6.07) is 0. The molecular formula is C50H84O19. The largest absolute Gasteiger partial charge is 0.394 e. The van der Waals surface area contributed by atoms with Crippen molar-refractivity contribution in [1.82, 2.24) is 0 Å². The van der Waals surface area contributed by atoms with Crippen molar-refractivity contribution in [3.05, 3.63) is 11.6 Å². The summed E-state index contributed by atoms with van der Waals surface area (Å²) in [6.07, 6.45) is -15.8. The Hall–Kier alpha value is -1.02. The molecule has 69 heavy (non-hydrogen) atoms. The van der Waals surface area contributed by atoms with Gasteiger partial charge in [-0.05, 0) is 105 Å². The maximum absolute atomic E-state index is 12.1. The van der Waals surface area contributed by atoms with Gasteiger partial charge < -0.3 is 94.1 Å². The Bertz CT molecular complexity index is 1710. The molecule has 27 atom stereocenters. The molecule has 11 N–H and O–H groups in total. The molecular weight excluding hydrogens is 905 g/mol. The second-order valence-electron chi connectivity index (χ2n) is 22.9. The van der Waals surface area contributed by atoms with Gasteiger partial charge >= 0.3 is 0 Å². The number of hydrogen-bond acceptors (Lipinski definition) is 19. The van der Waals surface area contributed by atoms with E-state index in [1.807, 2.05) is 0 Å². The quantitative estimate of drug-likeness (QED) is 0.0931. The van der Waals surface area contributed by atoms with Gasteiger partial charge in [0.1, 0.15) is 85.5 Å². The minimum absolute atomic E-state index is 0.000817. The van der Waals surface area contributed by atoms with Crippen molar-refractivity contribution in [2.75, 3.05) is 19.8 Å². The van der Waals surface area contributed by atoms with Crippen molar-refractivity contribution in [2.24, 2.45) is 46.3 Å². The summed E-state index contributed by atoms with van der Waals surface area (Å²) in [5.41, 5.74) is 1.70. The van der Waals surface area contributed by atoms with Gasteiger partial charge in [0.25, 0.3) is 0 Å². The van der Waals surface area contributed by atoms with Crippen LogP contribution in [0.4, 0.5) is 0 Å². The lowest BCUT2D eigenvalue weighted by atomic mass is 9.47. The molecule has 398 valence electrons. The van der Waals surface area contributed by atoms with Gasteiger partial charge in [0, 0.05) is 0 Å². The van der Waals surface area contributed by atoms with Gasteiger partial charge in [0.15, 0.2) is 25.2 Å². The Labute approximate surface area is 406 Å². The van der Waals surface area contributed by atoms with Crippen LogP contribution in [0, 0.1) is 46.3 Å². The van der Waals surface area contributed by atoms with Crippen molar-refractivity contribution in [3.8, 4) is 0 Å². The van der Waals surface area contributed by atoms with Crippen molar-refractivity contribution >= 4 is 0 Å². The van der Waals surface area contributed by atoms with Gasteiger partial charge in [-0.1, -0.05) is 65.5 Å². The third kappa shape index (κ3) is 10.4. The van der Waals surface area contributed by atoms with Crippen LogP contribution in [0.2, 0.25) is 0 Å². The normalized spacial score (nSPS) is 51.7. The number of aliphatic hydroxyl groups is 11. The summed E-state index contributed by atoms with van der Waals surface area (Å²) in [5, 5.41) is 118. The zero-order valence-electron chi connectivity index (χ0n) is 41.2. The number of allylic oxidation sites excluding steroid dienone is 1. The highest BCUT2D eigenvalue weighted by Crippen LogP contribution is 2.67. The smallest absolute Gasteiger partial charge is 0.187 e. The van der Waals surface area contributed by atoms with Crippen LogP contribution in [0.5, 0.6) is 0 Å². The number of fused-ring (bicyclic) bond motifs is 5. The van der Waals surface area contributed by atoms with Crippen molar-refractivity contribution in [2.45, 2.75) is 235 Å². The number of rotatable bonds is 16. The highest BCUT2D eigenvalue weighted by Gasteiger charge is 2.61. The summed E-state index contributed by atoms with van der Waals surface area (Å²) < 4.78 is 48.5. The van der Waals surface area contributed by atoms with E-state index >= 15 is 0 Å². The number of ether oxygens (including phenoxy) is 8. The average molecular weight is 989 g/mol. The fourth-order valence-electron chi connectivity index (χ4n) is 14.3. The Morgan fingerprint density at radius 2 is 1.14 bits per heavy atom. The first-order valence-electron chi connectivity index (χ1n) is 26.0. The predicted octanol–water partition coefficient (Wildman–Crippen LogP) is 0.352. The molecule has 19 nitrogen and oxygen atoms in total. The summed E-state index contributed by atoms with van der Waals surface area (Å²) in [5.74, 6) is 4.12. The minimum atomic E-state index is -1.91. The van der Waals surface area contributed by atoms with Crippen LogP contribution in [-0.2, 0) is 37.9 Å². The second kappa shape index (κ2) is 22.1. The Balaban J connectivity index is 0.981. The molecule has 0 radical (unpaired) electrons. The van der Waals surface area contributed by atoms with E-state index in [9.17, 15) is 56.2 Å². The van der Waals surface area contributed by atoms with Crippen LogP contribution < -0.4 is 0 Å². The Morgan fingerprint density at radius 1 is 0.580 bits per heavy atom. The summed E-state index contributed by atoms with van der Waals surface area (Å²) in [7, 11) is 0. The predicted molar refractivity (Wildman–Crippen MR) is 242 cm³/mol. The van der Waals surface area contributed by atoms with Gasteiger partial charge in [-0.15, -0.1) is 0 Å². The second-order valence-corrected chi connectivity index (χ2v) is 22.9. The van der Waals surface area contributed by atoms with E-state index in [0.717, 1.165) is 30.6 Å². The standard InChI is InChI=1S/C50H84O19/c1-22(2)8-7-9-23(3)28-12-13-29-27-11-10-25-18-26(14-16-49(25,5)30(27)15-17-50(28,29)6)63-48-44(38(58)35(55)32(20-52)66-48)69-47-41(61)43(68-46-40(60)37(57)34(54)31(19-51)64-46)42(24(4)62-47)67-45-39(59)36(56)33(21-53)65-45/h10,22-24,26-48,51-61H,7-9,11-21H2,1-6H3/t23-,24+,26+,27+,28-,29+,30+,31-,32-,33+,34-,35-,36+,37+,38+,39-,40-,41-,42+,43+,44-,45+,46+,47+,48-,49+,50-/m1/s1. The molecule has 7 fully saturated rings. The van der Waals surface area contributed by atoms with Crippen LogP contribution in [-0.4, -0.2) is 199 Å². The zero-order valence-corrected chi connectivity index (χ0v) is 41.2. The molecule has 0 spiro atoms. The molecule has 0 aromatic heterocycles. The van der Waals surface area contributed by atoms with Gasteiger partial charge in [-0.2, -0.15) is 0 Å². The summed E-state index contributed by atoms with van der Waals surface area (Å²) in [6.45, 7) is 11.6. The van der Waals surface area contributed by atoms with E-state index in [-0.39, 0.29) is 11.5 Å². The summed E-state index contributed by atoms with van der Waals surface area (Å²) in [4.78, 5) is 0. The molecule has 8 aliphatic rings. The van der Waals surface area contributed by atoms with Gasteiger partial charge in [0.2, 0.25) is 0 Å². The molecule has 4 saturated heterocycles. The molecule has 4 heterocycles. The van der Waals surface area contributed by atoms with Gasteiger partial charge in [0.05, 0.1) is 32.0 Å². The van der Waals surface area contributed by atoms with E-state index in [1.165, 1.54) is 57.4 Å². The molecule has 4 aliphatic heterocycles. The molecule has 0 unspecified atom stereocenters. The molecule has 8 rings (SSSR count). The van der Waals surface area contributed by atoms with Crippen LogP contribution in [0.1, 0.15) is 112 Å². The first-order valence-corrected chi connectivity index (χ1v) is 26.0.